The van der Waals surface area contributed by atoms with Gasteiger partial charge in [0.05, 0.1) is 5.60 Å². The Morgan fingerprint density at radius 2 is 1.76 bits per heavy atom. The average molecular weight is 255 g/mol. The molecule has 3 fully saturated rings. The molecule has 3 heteroatoms. The predicted octanol–water partition coefficient (Wildman–Crippen LogP) is 2.96. The molecule has 2 nitrogen and oxygen atoms in total. The normalized spacial score (nSPS) is 34.2. The van der Waals surface area contributed by atoms with E-state index in [1.165, 1.54) is 62.9 Å². The molecule has 1 atom stereocenters. The van der Waals surface area contributed by atoms with E-state index in [1.54, 1.807) is 0 Å². The third-order valence-electron chi connectivity index (χ3n) is 4.72. The molecular formula is C14H25NOS. The van der Waals surface area contributed by atoms with Crippen LogP contribution in [-0.4, -0.2) is 35.8 Å². The van der Waals surface area contributed by atoms with Gasteiger partial charge in [-0.15, -0.1) is 0 Å². The minimum absolute atomic E-state index is 0.250. The maximum atomic E-state index is 6.15. The molecule has 3 rings (SSSR count). The van der Waals surface area contributed by atoms with Gasteiger partial charge in [-0.3, -0.25) is 0 Å². The third kappa shape index (κ3) is 2.99. The molecule has 1 unspecified atom stereocenters. The Bertz CT molecular complexity index is 241. The van der Waals surface area contributed by atoms with Gasteiger partial charge in [0.1, 0.15) is 0 Å². The number of thioether (sulfide) groups is 1. The maximum absolute atomic E-state index is 6.15. The zero-order chi connectivity index (χ0) is 11.6. The lowest BCUT2D eigenvalue weighted by Crippen LogP contribution is -2.50. The zero-order valence-corrected chi connectivity index (χ0v) is 11.6. The highest BCUT2D eigenvalue weighted by atomic mass is 32.2. The van der Waals surface area contributed by atoms with E-state index in [1.807, 2.05) is 0 Å². The first-order chi connectivity index (χ1) is 8.36. The molecule has 0 amide bonds. The summed E-state index contributed by atoms with van der Waals surface area (Å²) in [4.78, 5) is 0. The van der Waals surface area contributed by atoms with Gasteiger partial charge in [0.15, 0.2) is 0 Å². The molecule has 0 aromatic heterocycles. The largest absolute Gasteiger partial charge is 0.375 e. The Morgan fingerprint density at radius 1 is 1.00 bits per heavy atom. The number of hydrogen-bond acceptors (Lipinski definition) is 3. The SMILES string of the molecule is C1CCC(NC2CCOC3(CCSCC3)C2)C1. The van der Waals surface area contributed by atoms with Crippen molar-refractivity contribution in [3.8, 4) is 0 Å². The second-order valence-corrected chi connectivity index (χ2v) is 7.21. The summed E-state index contributed by atoms with van der Waals surface area (Å²) in [5.74, 6) is 2.60. The van der Waals surface area contributed by atoms with Crippen LogP contribution in [0.15, 0.2) is 0 Å². The average Bonchev–Trinajstić information content (AvgIpc) is 2.83. The van der Waals surface area contributed by atoms with Crippen LogP contribution in [0.5, 0.6) is 0 Å². The van der Waals surface area contributed by atoms with Gasteiger partial charge in [0.2, 0.25) is 0 Å². The molecule has 2 saturated heterocycles. The van der Waals surface area contributed by atoms with E-state index < -0.39 is 0 Å². The number of nitrogens with one attached hydrogen (secondary N) is 1. The molecule has 1 N–H and O–H groups in total. The third-order valence-corrected chi connectivity index (χ3v) is 5.71. The molecule has 2 aliphatic heterocycles. The Labute approximate surface area is 109 Å². The lowest BCUT2D eigenvalue weighted by molar-refractivity contribution is -0.0941. The van der Waals surface area contributed by atoms with Crippen molar-refractivity contribution in [3.05, 3.63) is 0 Å². The van der Waals surface area contributed by atoms with E-state index in [-0.39, 0.29) is 5.60 Å². The van der Waals surface area contributed by atoms with Crippen molar-refractivity contribution in [2.75, 3.05) is 18.1 Å². The molecule has 2 heterocycles. The Morgan fingerprint density at radius 3 is 2.53 bits per heavy atom. The van der Waals surface area contributed by atoms with Crippen LogP contribution in [0.4, 0.5) is 0 Å². The highest BCUT2D eigenvalue weighted by Gasteiger charge is 2.39. The molecule has 1 aliphatic carbocycles. The lowest BCUT2D eigenvalue weighted by atomic mass is 9.85. The monoisotopic (exact) mass is 255 g/mol. The molecule has 3 aliphatic rings. The van der Waals surface area contributed by atoms with Gasteiger partial charge in [-0.05, 0) is 50.0 Å². The van der Waals surface area contributed by atoms with Crippen LogP contribution in [0.1, 0.15) is 51.4 Å². The van der Waals surface area contributed by atoms with Crippen LogP contribution in [-0.2, 0) is 4.74 Å². The van der Waals surface area contributed by atoms with Crippen LogP contribution < -0.4 is 5.32 Å². The van der Waals surface area contributed by atoms with Gasteiger partial charge >= 0.3 is 0 Å². The van der Waals surface area contributed by atoms with Gasteiger partial charge in [-0.25, -0.2) is 0 Å². The van der Waals surface area contributed by atoms with Gasteiger partial charge in [0.25, 0.3) is 0 Å². The molecule has 1 saturated carbocycles. The number of ether oxygens (including phenoxy) is 1. The van der Waals surface area contributed by atoms with E-state index in [0.717, 1.165) is 18.7 Å². The van der Waals surface area contributed by atoms with E-state index in [2.05, 4.69) is 17.1 Å². The molecular weight excluding hydrogens is 230 g/mol. The first-order valence-electron chi connectivity index (χ1n) is 7.34. The smallest absolute Gasteiger partial charge is 0.0713 e. The van der Waals surface area contributed by atoms with Crippen molar-refractivity contribution in [2.45, 2.75) is 69.1 Å². The molecule has 98 valence electrons. The summed E-state index contributed by atoms with van der Waals surface area (Å²) in [5.41, 5.74) is 0.250. The van der Waals surface area contributed by atoms with E-state index in [0.29, 0.717) is 0 Å². The van der Waals surface area contributed by atoms with Crippen LogP contribution in [0.25, 0.3) is 0 Å². The van der Waals surface area contributed by atoms with Gasteiger partial charge in [-0.2, -0.15) is 11.8 Å². The molecule has 0 radical (unpaired) electrons. The first-order valence-corrected chi connectivity index (χ1v) is 8.50. The Balaban J connectivity index is 1.55. The van der Waals surface area contributed by atoms with Crippen LogP contribution in [0.2, 0.25) is 0 Å². The van der Waals surface area contributed by atoms with E-state index in [9.17, 15) is 0 Å². The lowest BCUT2D eigenvalue weighted by Gasteiger charge is -2.44. The second-order valence-electron chi connectivity index (χ2n) is 5.98. The summed E-state index contributed by atoms with van der Waals surface area (Å²) >= 11 is 2.10. The number of rotatable bonds is 2. The van der Waals surface area contributed by atoms with Crippen molar-refractivity contribution in [1.29, 1.82) is 0 Å². The summed E-state index contributed by atoms with van der Waals surface area (Å²) in [7, 11) is 0. The van der Waals surface area contributed by atoms with E-state index in [4.69, 9.17) is 4.74 Å². The molecule has 1 spiro atoms. The van der Waals surface area contributed by atoms with E-state index >= 15 is 0 Å². The summed E-state index contributed by atoms with van der Waals surface area (Å²) in [6.45, 7) is 0.981. The quantitative estimate of drug-likeness (QED) is 0.819. The zero-order valence-electron chi connectivity index (χ0n) is 10.7. The summed E-state index contributed by atoms with van der Waals surface area (Å²) in [6, 6.07) is 1.54. The standard InChI is InChI=1S/C14H25NOS/c1-2-4-12(3-1)15-13-5-8-16-14(11-13)6-9-17-10-7-14/h12-13,15H,1-11H2. The Kier molecular flexibility index (Phi) is 3.98. The summed E-state index contributed by atoms with van der Waals surface area (Å²) in [6.07, 6.45) is 10.7. The molecule has 0 aromatic rings. The molecule has 17 heavy (non-hydrogen) atoms. The van der Waals surface area contributed by atoms with Crippen LogP contribution in [0, 0.1) is 0 Å². The number of hydrogen-bond donors (Lipinski definition) is 1. The topological polar surface area (TPSA) is 21.3 Å². The second kappa shape index (κ2) is 5.50. The molecule has 0 bridgehead atoms. The van der Waals surface area contributed by atoms with Crippen molar-refractivity contribution >= 4 is 11.8 Å². The summed E-state index contributed by atoms with van der Waals surface area (Å²) < 4.78 is 6.15. The van der Waals surface area contributed by atoms with Crippen molar-refractivity contribution in [2.24, 2.45) is 0 Å². The van der Waals surface area contributed by atoms with Crippen molar-refractivity contribution in [1.82, 2.24) is 5.32 Å². The van der Waals surface area contributed by atoms with Crippen LogP contribution >= 0.6 is 11.8 Å². The highest BCUT2D eigenvalue weighted by Crippen LogP contribution is 2.37. The minimum atomic E-state index is 0.250. The summed E-state index contributed by atoms with van der Waals surface area (Å²) in [5, 5.41) is 3.90. The highest BCUT2D eigenvalue weighted by molar-refractivity contribution is 7.99. The molecule has 0 aromatic carbocycles. The van der Waals surface area contributed by atoms with Crippen LogP contribution in [0.3, 0.4) is 0 Å². The van der Waals surface area contributed by atoms with Gasteiger partial charge in [0, 0.05) is 18.7 Å². The van der Waals surface area contributed by atoms with Gasteiger partial charge < -0.3 is 10.1 Å². The van der Waals surface area contributed by atoms with Gasteiger partial charge in [-0.1, -0.05) is 12.8 Å². The van der Waals surface area contributed by atoms with Crippen molar-refractivity contribution < 1.29 is 4.74 Å². The fourth-order valence-electron chi connectivity index (χ4n) is 3.69. The maximum Gasteiger partial charge on any atom is 0.0713 e. The van der Waals surface area contributed by atoms with Crippen molar-refractivity contribution in [3.63, 3.8) is 0 Å². The Hall–Kier alpha value is 0.270. The fourth-order valence-corrected chi connectivity index (χ4v) is 4.92. The fraction of sp³-hybridized carbons (Fsp3) is 1.00. The minimum Gasteiger partial charge on any atom is -0.375 e. The predicted molar refractivity (Wildman–Crippen MR) is 73.7 cm³/mol. The first kappa shape index (κ1) is 12.3.